The van der Waals surface area contributed by atoms with Gasteiger partial charge in [-0.1, -0.05) is 6.92 Å². The van der Waals surface area contributed by atoms with Crippen LogP contribution >= 0.6 is 0 Å². The third-order valence-corrected chi connectivity index (χ3v) is 5.49. The summed E-state index contributed by atoms with van der Waals surface area (Å²) >= 11 is 0. The van der Waals surface area contributed by atoms with Gasteiger partial charge in [0.15, 0.2) is 9.84 Å². The summed E-state index contributed by atoms with van der Waals surface area (Å²) in [5.74, 6) is 0.300. The quantitative estimate of drug-likeness (QED) is 0.765. The van der Waals surface area contributed by atoms with Crippen LogP contribution < -0.4 is 5.32 Å². The van der Waals surface area contributed by atoms with Crippen LogP contribution in [0.15, 0.2) is 0 Å². The highest BCUT2D eigenvalue weighted by molar-refractivity contribution is 7.92. The molecule has 0 saturated carbocycles. The van der Waals surface area contributed by atoms with Crippen LogP contribution in [-0.2, 0) is 9.84 Å². The van der Waals surface area contributed by atoms with Crippen molar-refractivity contribution < 1.29 is 8.42 Å². The molecule has 0 bridgehead atoms. The van der Waals surface area contributed by atoms with Crippen molar-refractivity contribution in [1.29, 1.82) is 0 Å². The maximum Gasteiger partial charge on any atom is 0.155 e. The second-order valence-electron chi connectivity index (χ2n) is 4.97. The summed E-state index contributed by atoms with van der Waals surface area (Å²) in [5, 5.41) is 3.18. The van der Waals surface area contributed by atoms with E-state index in [0.717, 1.165) is 19.3 Å². The summed E-state index contributed by atoms with van der Waals surface area (Å²) in [7, 11) is -1.01. The van der Waals surface area contributed by atoms with E-state index in [4.69, 9.17) is 0 Å². The Balaban J connectivity index is 4.07. The molecule has 0 amide bonds. The fraction of sp³-hybridized carbons (Fsp3) is 1.00. The van der Waals surface area contributed by atoms with Gasteiger partial charge >= 0.3 is 0 Å². The maximum absolute atomic E-state index is 11.8. The molecule has 0 saturated heterocycles. The largest absolute Gasteiger partial charge is 0.317 e. The number of sulfone groups is 1. The number of rotatable bonds is 6. The first-order chi connectivity index (χ1) is 6.74. The first-order valence-corrected chi connectivity index (χ1v) is 7.29. The Morgan fingerprint density at radius 1 is 1.27 bits per heavy atom. The fourth-order valence-electron chi connectivity index (χ4n) is 1.38. The Labute approximate surface area is 94.6 Å². The molecule has 4 heteroatoms. The lowest BCUT2D eigenvalue weighted by Crippen LogP contribution is -2.31. The van der Waals surface area contributed by atoms with Gasteiger partial charge in [-0.25, -0.2) is 8.42 Å². The van der Waals surface area contributed by atoms with Crippen molar-refractivity contribution in [1.82, 2.24) is 5.32 Å². The zero-order valence-electron chi connectivity index (χ0n) is 10.6. The molecule has 3 nitrogen and oxygen atoms in total. The Hall–Kier alpha value is -0.0900. The van der Waals surface area contributed by atoms with Gasteiger partial charge in [-0.2, -0.15) is 0 Å². The highest BCUT2D eigenvalue weighted by Crippen LogP contribution is 2.17. The molecule has 0 aliphatic carbocycles. The highest BCUT2D eigenvalue weighted by Gasteiger charge is 2.28. The normalized spacial score (nSPS) is 15.3. The third kappa shape index (κ3) is 4.98. The minimum Gasteiger partial charge on any atom is -0.317 e. The molecule has 0 aromatic rings. The average molecular weight is 235 g/mol. The Kier molecular flexibility index (Phi) is 5.81. The molecule has 0 aromatic carbocycles. The lowest BCUT2D eigenvalue weighted by atomic mass is 10.1. The van der Waals surface area contributed by atoms with Crippen LogP contribution in [0.2, 0.25) is 0 Å². The van der Waals surface area contributed by atoms with E-state index in [1.807, 2.05) is 7.05 Å². The van der Waals surface area contributed by atoms with Gasteiger partial charge in [0.2, 0.25) is 0 Å². The van der Waals surface area contributed by atoms with E-state index in [2.05, 4.69) is 12.2 Å². The van der Waals surface area contributed by atoms with Gasteiger partial charge in [0, 0.05) is 6.04 Å². The Morgan fingerprint density at radius 3 is 2.13 bits per heavy atom. The van der Waals surface area contributed by atoms with Crippen LogP contribution in [0.4, 0.5) is 0 Å². The van der Waals surface area contributed by atoms with E-state index >= 15 is 0 Å². The van der Waals surface area contributed by atoms with Crippen LogP contribution in [0.1, 0.15) is 47.0 Å². The third-order valence-electron chi connectivity index (χ3n) is 2.80. The number of hydrogen-bond donors (Lipinski definition) is 1. The summed E-state index contributed by atoms with van der Waals surface area (Å²) in [4.78, 5) is 0. The SMILES string of the molecule is CCC(CCCS(=O)(=O)C(C)(C)C)NC. The summed E-state index contributed by atoms with van der Waals surface area (Å²) in [5.41, 5.74) is 0. The second kappa shape index (κ2) is 5.85. The van der Waals surface area contributed by atoms with Gasteiger partial charge in [0.25, 0.3) is 0 Å². The van der Waals surface area contributed by atoms with Gasteiger partial charge < -0.3 is 5.32 Å². The van der Waals surface area contributed by atoms with E-state index < -0.39 is 14.6 Å². The van der Waals surface area contributed by atoms with Gasteiger partial charge in [-0.05, 0) is 47.1 Å². The van der Waals surface area contributed by atoms with Crippen molar-refractivity contribution in [3.05, 3.63) is 0 Å². The van der Waals surface area contributed by atoms with Gasteiger partial charge in [0.1, 0.15) is 0 Å². The minimum atomic E-state index is -2.94. The lowest BCUT2D eigenvalue weighted by molar-refractivity contribution is 0.497. The zero-order valence-corrected chi connectivity index (χ0v) is 11.4. The molecule has 1 unspecified atom stereocenters. The first kappa shape index (κ1) is 14.9. The molecule has 92 valence electrons. The first-order valence-electron chi connectivity index (χ1n) is 5.64. The molecule has 15 heavy (non-hydrogen) atoms. The molecule has 1 atom stereocenters. The highest BCUT2D eigenvalue weighted by atomic mass is 32.2. The maximum atomic E-state index is 11.8. The molecular weight excluding hydrogens is 210 g/mol. The number of hydrogen-bond acceptors (Lipinski definition) is 3. The van der Waals surface area contributed by atoms with E-state index in [1.54, 1.807) is 20.8 Å². The molecule has 1 N–H and O–H groups in total. The molecule has 0 spiro atoms. The monoisotopic (exact) mass is 235 g/mol. The topological polar surface area (TPSA) is 46.2 Å². The summed E-state index contributed by atoms with van der Waals surface area (Å²) in [6, 6.07) is 0.445. The van der Waals surface area contributed by atoms with Gasteiger partial charge in [-0.15, -0.1) is 0 Å². The van der Waals surface area contributed by atoms with Crippen molar-refractivity contribution in [2.24, 2.45) is 0 Å². The standard InChI is InChI=1S/C11H25NO2S/c1-6-10(12-5)8-7-9-15(13,14)11(2,3)4/h10,12H,6-9H2,1-5H3. The molecule has 0 fully saturated rings. The Morgan fingerprint density at radius 2 is 1.80 bits per heavy atom. The minimum absolute atomic E-state index is 0.300. The van der Waals surface area contributed by atoms with Crippen LogP contribution in [0, 0.1) is 0 Å². The second-order valence-corrected chi connectivity index (χ2v) is 7.83. The van der Waals surface area contributed by atoms with E-state index in [9.17, 15) is 8.42 Å². The molecular formula is C11H25NO2S. The van der Waals surface area contributed by atoms with Crippen LogP contribution in [0.3, 0.4) is 0 Å². The van der Waals surface area contributed by atoms with Crippen LogP contribution in [0.25, 0.3) is 0 Å². The molecule has 0 aliphatic rings. The van der Waals surface area contributed by atoms with Crippen molar-refractivity contribution in [3.63, 3.8) is 0 Å². The lowest BCUT2D eigenvalue weighted by Gasteiger charge is -2.20. The number of nitrogens with one attached hydrogen (secondary N) is 1. The van der Waals surface area contributed by atoms with Crippen molar-refractivity contribution in [2.45, 2.75) is 57.7 Å². The molecule has 0 radical (unpaired) electrons. The summed E-state index contributed by atoms with van der Waals surface area (Å²) in [6.07, 6.45) is 2.73. The van der Waals surface area contributed by atoms with Crippen molar-refractivity contribution >= 4 is 9.84 Å². The molecule has 0 aromatic heterocycles. The zero-order chi connectivity index (χ0) is 12.1. The fourth-order valence-corrected chi connectivity index (χ4v) is 2.54. The van der Waals surface area contributed by atoms with Crippen molar-refractivity contribution in [2.75, 3.05) is 12.8 Å². The van der Waals surface area contributed by atoms with Gasteiger partial charge in [0.05, 0.1) is 10.5 Å². The van der Waals surface area contributed by atoms with Crippen LogP contribution in [0.5, 0.6) is 0 Å². The predicted molar refractivity (Wildman–Crippen MR) is 65.9 cm³/mol. The van der Waals surface area contributed by atoms with E-state index in [0.29, 0.717) is 11.8 Å². The summed E-state index contributed by atoms with van der Waals surface area (Å²) in [6.45, 7) is 7.40. The molecule has 0 rings (SSSR count). The van der Waals surface area contributed by atoms with E-state index in [1.165, 1.54) is 0 Å². The van der Waals surface area contributed by atoms with Gasteiger partial charge in [-0.3, -0.25) is 0 Å². The van der Waals surface area contributed by atoms with E-state index in [-0.39, 0.29) is 0 Å². The van der Waals surface area contributed by atoms with Crippen molar-refractivity contribution in [3.8, 4) is 0 Å². The average Bonchev–Trinajstić information content (AvgIpc) is 2.10. The predicted octanol–water partition coefficient (Wildman–Crippen LogP) is 1.98. The molecule has 0 aliphatic heterocycles. The molecule has 0 heterocycles. The summed E-state index contributed by atoms with van der Waals surface area (Å²) < 4.78 is 23.0. The Bertz CT molecular complexity index is 261. The smallest absolute Gasteiger partial charge is 0.155 e. The van der Waals surface area contributed by atoms with Crippen LogP contribution in [-0.4, -0.2) is 32.0 Å².